The van der Waals surface area contributed by atoms with E-state index >= 15 is 0 Å². The van der Waals surface area contributed by atoms with E-state index in [2.05, 4.69) is 6.92 Å². The predicted octanol–water partition coefficient (Wildman–Crippen LogP) is 5.56. The van der Waals surface area contributed by atoms with E-state index in [0.717, 1.165) is 38.5 Å². The van der Waals surface area contributed by atoms with Crippen molar-refractivity contribution in [3.8, 4) is 0 Å². The van der Waals surface area contributed by atoms with Gasteiger partial charge in [0.1, 0.15) is 6.10 Å². The van der Waals surface area contributed by atoms with Crippen LogP contribution < -0.4 is 0 Å². The zero-order valence-electron chi connectivity index (χ0n) is 21.3. The zero-order chi connectivity index (χ0) is 24.0. The number of carbonyl (C=O) groups excluding carboxylic acids is 1. The molecule has 4 unspecified atom stereocenters. The average Bonchev–Trinajstić information content (AvgIpc) is 3.71. The van der Waals surface area contributed by atoms with E-state index in [9.17, 15) is 4.79 Å². The van der Waals surface area contributed by atoms with Crippen LogP contribution in [-0.4, -0.2) is 47.8 Å². The second-order valence-corrected chi connectivity index (χ2v) is 11.3. The molecule has 6 aliphatic rings. The minimum Gasteiger partial charge on any atom is -0.466 e. The van der Waals surface area contributed by atoms with Crippen molar-refractivity contribution < 1.29 is 38.0 Å². The van der Waals surface area contributed by atoms with Gasteiger partial charge in [0.2, 0.25) is 0 Å². The summed E-state index contributed by atoms with van der Waals surface area (Å²) in [5.41, 5.74) is 0. The van der Waals surface area contributed by atoms with Crippen molar-refractivity contribution in [3.63, 3.8) is 0 Å². The lowest BCUT2D eigenvalue weighted by atomic mass is 10.0. The molecule has 0 aromatic heterocycles. The van der Waals surface area contributed by atoms with Gasteiger partial charge in [0.15, 0.2) is 0 Å². The molecule has 3 spiro atoms. The molecule has 6 rings (SSSR count). The Morgan fingerprint density at radius 2 is 1.26 bits per heavy atom. The Morgan fingerprint density at radius 3 is 1.83 bits per heavy atom. The summed E-state index contributed by atoms with van der Waals surface area (Å²) < 4.78 is 39.1. The van der Waals surface area contributed by atoms with Crippen molar-refractivity contribution >= 4 is 5.97 Å². The SMILES string of the molecule is CCCCCOC(=O)CCCCCCCCCCCCCCCC1OC12OC21OC12OC13OC12O3. The maximum Gasteiger partial charge on any atom is 0.355 e. The van der Waals surface area contributed by atoms with Crippen LogP contribution in [-0.2, 0) is 38.0 Å². The highest BCUT2D eigenvalue weighted by molar-refractivity contribution is 5.69. The molecule has 6 saturated heterocycles. The third-order valence-electron chi connectivity index (χ3n) is 8.52. The molecule has 4 atom stereocenters. The van der Waals surface area contributed by atoms with E-state index in [1.807, 2.05) is 0 Å². The monoisotopic (exact) mass is 494 g/mol. The molecule has 0 bridgehead atoms. The highest BCUT2D eigenvalue weighted by Gasteiger charge is 3.27. The quantitative estimate of drug-likeness (QED) is 0.123. The van der Waals surface area contributed by atoms with Crippen molar-refractivity contribution in [2.24, 2.45) is 0 Å². The van der Waals surface area contributed by atoms with E-state index in [4.69, 9.17) is 33.2 Å². The van der Waals surface area contributed by atoms with Crippen molar-refractivity contribution in [2.75, 3.05) is 6.61 Å². The number of fused-ring (bicyclic) bond motifs is 2. The first kappa shape index (κ1) is 24.6. The van der Waals surface area contributed by atoms with E-state index in [-0.39, 0.29) is 12.1 Å². The molecule has 8 heteroatoms. The first-order chi connectivity index (χ1) is 17.1. The molecule has 0 amide bonds. The van der Waals surface area contributed by atoms with Crippen molar-refractivity contribution in [2.45, 2.75) is 158 Å². The van der Waals surface area contributed by atoms with Gasteiger partial charge in [-0.15, -0.1) is 0 Å². The van der Waals surface area contributed by atoms with Gasteiger partial charge in [0.25, 0.3) is 11.6 Å². The van der Waals surface area contributed by atoms with Crippen LogP contribution in [0.25, 0.3) is 0 Å². The highest BCUT2D eigenvalue weighted by atomic mass is 17.3. The van der Waals surface area contributed by atoms with E-state index in [0.29, 0.717) is 13.0 Å². The number of hydrogen-bond donors (Lipinski definition) is 0. The van der Waals surface area contributed by atoms with Crippen LogP contribution in [0.1, 0.15) is 122 Å². The molecule has 0 aromatic carbocycles. The maximum absolute atomic E-state index is 11.6. The molecule has 0 aliphatic carbocycles. The molecular formula is C27H42O8. The van der Waals surface area contributed by atoms with Gasteiger partial charge in [-0.1, -0.05) is 96.8 Å². The summed E-state index contributed by atoms with van der Waals surface area (Å²) in [7, 11) is 0. The molecular weight excluding hydrogens is 452 g/mol. The first-order valence-electron chi connectivity index (χ1n) is 14.4. The van der Waals surface area contributed by atoms with Crippen molar-refractivity contribution in [3.05, 3.63) is 0 Å². The van der Waals surface area contributed by atoms with Crippen LogP contribution in [0.5, 0.6) is 0 Å². The van der Waals surface area contributed by atoms with Crippen LogP contribution in [0.3, 0.4) is 0 Å². The summed E-state index contributed by atoms with van der Waals surface area (Å²) in [6.07, 6.45) is 21.4. The van der Waals surface area contributed by atoms with Gasteiger partial charge in [-0.05, 0) is 19.3 Å². The standard InChI is InChI=1S/C27H42O8/c1-2-3-17-20-29-22(28)19-16-14-12-10-8-6-4-5-7-9-11-13-15-18-21-23(30-21)24(31-23)25(32-24)26-27(33-25,34-26)35-26/h21H,2-20H2,1H3. The second kappa shape index (κ2) is 9.21. The normalized spacial score (nSPS) is 42.0. The molecule has 0 N–H and O–H groups in total. The fourth-order valence-corrected chi connectivity index (χ4v) is 6.07. The number of esters is 1. The van der Waals surface area contributed by atoms with Gasteiger partial charge in [-0.2, -0.15) is 0 Å². The van der Waals surface area contributed by atoms with Crippen molar-refractivity contribution in [1.29, 1.82) is 0 Å². The maximum atomic E-state index is 11.6. The van der Waals surface area contributed by atoms with Gasteiger partial charge in [0.05, 0.1) is 6.61 Å². The topological polar surface area (TPSA) is 98.2 Å². The van der Waals surface area contributed by atoms with E-state index < -0.39 is 29.1 Å². The molecule has 0 radical (unpaired) electrons. The minimum absolute atomic E-state index is 0.0148. The Hall–Kier alpha value is -0.770. The Morgan fingerprint density at radius 1 is 0.657 bits per heavy atom. The predicted molar refractivity (Wildman–Crippen MR) is 124 cm³/mol. The fraction of sp³-hybridized carbons (Fsp3) is 0.963. The van der Waals surface area contributed by atoms with Crippen LogP contribution >= 0.6 is 0 Å². The van der Waals surface area contributed by atoms with Gasteiger partial charge < -0.3 is 9.47 Å². The molecule has 6 aliphatic heterocycles. The Labute approximate surface area is 208 Å². The summed E-state index contributed by atoms with van der Waals surface area (Å²) in [4.78, 5) is 11.6. The zero-order valence-corrected chi connectivity index (χ0v) is 21.3. The summed E-state index contributed by atoms with van der Waals surface area (Å²) in [5, 5.41) is 0. The number of rotatable bonds is 20. The molecule has 35 heavy (non-hydrogen) atoms. The van der Waals surface area contributed by atoms with Gasteiger partial charge in [-0.3, -0.25) is 28.5 Å². The molecule has 6 heterocycles. The van der Waals surface area contributed by atoms with Gasteiger partial charge in [-0.25, -0.2) is 0 Å². The molecule has 8 nitrogen and oxygen atoms in total. The van der Waals surface area contributed by atoms with E-state index in [1.54, 1.807) is 0 Å². The number of unbranched alkanes of at least 4 members (excludes halogenated alkanes) is 14. The van der Waals surface area contributed by atoms with Gasteiger partial charge >= 0.3 is 23.5 Å². The van der Waals surface area contributed by atoms with Crippen molar-refractivity contribution in [1.82, 2.24) is 0 Å². The Balaban J connectivity index is 0.676. The van der Waals surface area contributed by atoms with Crippen LogP contribution in [0.4, 0.5) is 0 Å². The Bertz CT molecular complexity index is 796. The summed E-state index contributed by atoms with van der Waals surface area (Å²) in [6.45, 7) is 2.75. The summed E-state index contributed by atoms with van der Waals surface area (Å²) in [5.74, 6) is -3.62. The summed E-state index contributed by atoms with van der Waals surface area (Å²) in [6, 6.07) is 0. The Kier molecular flexibility index (Phi) is 6.46. The molecule has 0 saturated carbocycles. The second-order valence-electron chi connectivity index (χ2n) is 11.3. The largest absolute Gasteiger partial charge is 0.466 e. The van der Waals surface area contributed by atoms with Crippen LogP contribution in [0, 0.1) is 0 Å². The number of carbonyl (C=O) groups is 1. The average molecular weight is 495 g/mol. The molecule has 198 valence electrons. The first-order valence-corrected chi connectivity index (χ1v) is 14.4. The number of epoxide rings is 5. The lowest BCUT2D eigenvalue weighted by molar-refractivity contribution is -0.166. The van der Waals surface area contributed by atoms with Gasteiger partial charge in [0, 0.05) is 6.42 Å². The number of hydrogen-bond acceptors (Lipinski definition) is 8. The smallest absolute Gasteiger partial charge is 0.355 e. The lowest BCUT2D eigenvalue weighted by Gasteiger charge is -2.07. The fourth-order valence-electron chi connectivity index (χ4n) is 6.07. The van der Waals surface area contributed by atoms with Crippen LogP contribution in [0.15, 0.2) is 0 Å². The van der Waals surface area contributed by atoms with E-state index in [1.165, 1.54) is 70.6 Å². The number of ether oxygens (including phenoxy) is 7. The summed E-state index contributed by atoms with van der Waals surface area (Å²) >= 11 is 0. The van der Waals surface area contributed by atoms with Crippen LogP contribution in [0.2, 0.25) is 0 Å². The highest BCUT2D eigenvalue weighted by Crippen LogP contribution is 2.97. The molecule has 6 fully saturated rings. The third kappa shape index (κ3) is 3.98. The third-order valence-corrected chi connectivity index (χ3v) is 8.52. The molecule has 0 aromatic rings. The lowest BCUT2D eigenvalue weighted by Crippen LogP contribution is -2.41. The minimum atomic E-state index is -0.835.